The first-order valence-electron chi connectivity index (χ1n) is 13.4. The highest BCUT2D eigenvalue weighted by atomic mass is 35.5. The molecule has 1 amide bonds. The number of benzene rings is 1. The first kappa shape index (κ1) is 30.2. The van der Waals surface area contributed by atoms with Crippen molar-refractivity contribution in [3.05, 3.63) is 40.3 Å². The molecule has 1 aliphatic rings. The summed E-state index contributed by atoms with van der Waals surface area (Å²) in [5.74, 6) is -0.463. The fourth-order valence-electron chi connectivity index (χ4n) is 4.90. The van der Waals surface area contributed by atoms with E-state index in [-0.39, 0.29) is 37.4 Å². The number of carbonyl (C=O) groups excluding carboxylic acids is 2. The molecule has 0 spiro atoms. The van der Waals surface area contributed by atoms with Gasteiger partial charge in [-0.3, -0.25) is 4.79 Å². The number of carbonyl (C=O) groups is 2. The molecular formula is C28H36Cl2N4O6. The van der Waals surface area contributed by atoms with Gasteiger partial charge in [-0.2, -0.15) is 5.10 Å². The number of ether oxygens (including phenoxy) is 3. The Hall–Kier alpha value is -2.79. The second-order valence-corrected chi connectivity index (χ2v) is 11.5. The van der Waals surface area contributed by atoms with E-state index in [0.29, 0.717) is 22.8 Å². The van der Waals surface area contributed by atoms with Crippen LogP contribution in [0, 0.1) is 0 Å². The van der Waals surface area contributed by atoms with Crippen LogP contribution < -0.4 is 5.32 Å². The first-order valence-corrected chi connectivity index (χ1v) is 14.2. The average Bonchev–Trinajstić information content (AvgIpc) is 3.49. The van der Waals surface area contributed by atoms with E-state index in [0.717, 1.165) is 35.8 Å². The topological polar surface area (TPSA) is 117 Å². The summed E-state index contributed by atoms with van der Waals surface area (Å²) in [4.78, 5) is 25.3. The van der Waals surface area contributed by atoms with Gasteiger partial charge in [0.25, 0.3) is 0 Å². The predicted molar refractivity (Wildman–Crippen MR) is 153 cm³/mol. The van der Waals surface area contributed by atoms with Crippen LogP contribution in [0.15, 0.2) is 24.5 Å². The Morgan fingerprint density at radius 2 is 2.05 bits per heavy atom. The van der Waals surface area contributed by atoms with Gasteiger partial charge < -0.3 is 29.2 Å². The van der Waals surface area contributed by atoms with Crippen LogP contribution in [0.5, 0.6) is 0 Å². The molecule has 1 aliphatic heterocycles. The van der Waals surface area contributed by atoms with Crippen molar-refractivity contribution in [2.24, 2.45) is 0 Å². The van der Waals surface area contributed by atoms with Crippen molar-refractivity contribution in [2.75, 3.05) is 19.8 Å². The second kappa shape index (κ2) is 12.8. The van der Waals surface area contributed by atoms with E-state index >= 15 is 0 Å². The van der Waals surface area contributed by atoms with Crippen LogP contribution in [0.2, 0.25) is 10.0 Å². The zero-order valence-corrected chi connectivity index (χ0v) is 24.7. The molecule has 2 unspecified atom stereocenters. The number of rotatable bonds is 9. The highest BCUT2D eigenvalue weighted by Crippen LogP contribution is 2.41. The van der Waals surface area contributed by atoms with Crippen LogP contribution in [-0.4, -0.2) is 63.0 Å². The minimum atomic E-state index is -0.732. The molecule has 10 nitrogen and oxygen atoms in total. The molecule has 2 N–H and O–H groups in total. The van der Waals surface area contributed by atoms with Crippen molar-refractivity contribution in [1.82, 2.24) is 19.7 Å². The largest absolute Gasteiger partial charge is 0.465 e. The number of hydrogen-bond acceptors (Lipinski definition) is 7. The molecule has 40 heavy (non-hydrogen) atoms. The summed E-state index contributed by atoms with van der Waals surface area (Å²) in [5, 5.41) is 18.9. The van der Waals surface area contributed by atoms with Crippen LogP contribution in [0.3, 0.4) is 0 Å². The number of esters is 1. The maximum Gasteiger partial charge on any atom is 0.407 e. The van der Waals surface area contributed by atoms with Crippen molar-refractivity contribution in [3.8, 4) is 11.1 Å². The van der Waals surface area contributed by atoms with E-state index in [2.05, 4.69) is 10.4 Å². The molecule has 3 heterocycles. The third-order valence-electron chi connectivity index (χ3n) is 6.54. The van der Waals surface area contributed by atoms with Gasteiger partial charge in [0, 0.05) is 41.4 Å². The lowest BCUT2D eigenvalue weighted by atomic mass is 10.0. The van der Waals surface area contributed by atoms with Crippen LogP contribution in [0.1, 0.15) is 58.9 Å². The summed E-state index contributed by atoms with van der Waals surface area (Å²) in [6, 6.07) is 2.81. The van der Waals surface area contributed by atoms with Crippen LogP contribution >= 0.6 is 23.2 Å². The fourth-order valence-corrected chi connectivity index (χ4v) is 5.32. The SMILES string of the molecule is CCOC(=O)Cn1c(CC(CO)NC(=O)OC(C)(C)C)c(-c2cnn(C3CCCCO3)c2)c2ccc(Cl)c(Cl)c21. The van der Waals surface area contributed by atoms with E-state index in [1.54, 1.807) is 49.2 Å². The van der Waals surface area contributed by atoms with E-state index in [1.165, 1.54) is 0 Å². The molecule has 4 rings (SSSR count). The number of nitrogens with zero attached hydrogens (tertiary/aromatic N) is 3. The molecule has 12 heteroatoms. The Bertz CT molecular complexity index is 1360. The monoisotopic (exact) mass is 594 g/mol. The lowest BCUT2D eigenvalue weighted by Gasteiger charge is -2.23. The normalized spacial score (nSPS) is 16.6. The molecule has 0 bridgehead atoms. The van der Waals surface area contributed by atoms with Gasteiger partial charge in [0.05, 0.1) is 41.0 Å². The van der Waals surface area contributed by atoms with Crippen molar-refractivity contribution in [1.29, 1.82) is 0 Å². The fraction of sp³-hybridized carbons (Fsp3) is 0.536. The maximum atomic E-state index is 12.8. The third kappa shape index (κ3) is 6.91. The minimum Gasteiger partial charge on any atom is -0.465 e. The second-order valence-electron chi connectivity index (χ2n) is 10.7. The number of amides is 1. The Morgan fingerprint density at radius 1 is 1.27 bits per heavy atom. The number of aliphatic hydroxyl groups is 1. The molecule has 0 aliphatic carbocycles. The molecule has 1 saturated heterocycles. The summed E-state index contributed by atoms with van der Waals surface area (Å²) in [6.07, 6.45) is 5.88. The van der Waals surface area contributed by atoms with Crippen molar-refractivity contribution in [2.45, 2.75) is 77.8 Å². The zero-order valence-electron chi connectivity index (χ0n) is 23.2. The molecule has 2 aromatic heterocycles. The Kier molecular flexibility index (Phi) is 9.66. The number of aliphatic hydroxyl groups excluding tert-OH is 1. The predicted octanol–water partition coefficient (Wildman–Crippen LogP) is 5.50. The van der Waals surface area contributed by atoms with Gasteiger partial charge in [-0.25, -0.2) is 9.48 Å². The summed E-state index contributed by atoms with van der Waals surface area (Å²) in [7, 11) is 0. The Morgan fingerprint density at radius 3 is 2.70 bits per heavy atom. The number of alkyl carbamates (subject to hydrolysis) is 1. The van der Waals surface area contributed by atoms with Crippen LogP contribution in [0.4, 0.5) is 4.79 Å². The van der Waals surface area contributed by atoms with Crippen LogP contribution in [0.25, 0.3) is 22.0 Å². The van der Waals surface area contributed by atoms with Gasteiger partial charge in [-0.1, -0.05) is 29.3 Å². The van der Waals surface area contributed by atoms with Gasteiger partial charge >= 0.3 is 12.1 Å². The molecule has 0 saturated carbocycles. The maximum absolute atomic E-state index is 12.8. The van der Waals surface area contributed by atoms with Crippen LogP contribution in [-0.2, 0) is 32.0 Å². The first-order chi connectivity index (χ1) is 19.0. The lowest BCUT2D eigenvalue weighted by molar-refractivity contribution is -0.143. The summed E-state index contributed by atoms with van der Waals surface area (Å²) < 4.78 is 20.1. The van der Waals surface area contributed by atoms with Gasteiger partial charge in [-0.15, -0.1) is 0 Å². The molecule has 1 aromatic carbocycles. The van der Waals surface area contributed by atoms with Crippen molar-refractivity contribution < 1.29 is 28.9 Å². The quantitative estimate of drug-likeness (QED) is 0.314. The number of halogens is 2. The van der Waals surface area contributed by atoms with E-state index in [4.69, 9.17) is 37.4 Å². The molecule has 218 valence electrons. The van der Waals surface area contributed by atoms with Gasteiger partial charge in [0.15, 0.2) is 0 Å². The number of hydrogen-bond donors (Lipinski definition) is 2. The molecule has 1 fully saturated rings. The molecule has 3 aromatic rings. The highest BCUT2D eigenvalue weighted by Gasteiger charge is 2.28. The summed E-state index contributed by atoms with van der Waals surface area (Å²) >= 11 is 13.2. The number of aromatic nitrogens is 3. The van der Waals surface area contributed by atoms with Crippen molar-refractivity contribution >= 4 is 46.2 Å². The van der Waals surface area contributed by atoms with E-state index in [9.17, 15) is 14.7 Å². The van der Waals surface area contributed by atoms with Crippen molar-refractivity contribution in [3.63, 3.8) is 0 Å². The molecular weight excluding hydrogens is 559 g/mol. The van der Waals surface area contributed by atoms with Gasteiger partial charge in [-0.05, 0) is 53.0 Å². The standard InChI is InChI=1S/C28H36Cl2N4O6/c1-5-38-23(36)15-33-21(12-18(16-35)32-27(37)40-28(2,3)4)24(19-9-10-20(29)25(30)26(19)33)17-13-31-34(14-17)22-8-6-7-11-39-22/h9-10,13-14,18,22,35H,5-8,11-12,15-16H2,1-4H3,(H,32,37). The lowest BCUT2D eigenvalue weighted by Crippen LogP contribution is -2.42. The molecule has 2 atom stereocenters. The summed E-state index contributed by atoms with van der Waals surface area (Å²) in [6.45, 7) is 7.37. The average molecular weight is 596 g/mol. The smallest absolute Gasteiger partial charge is 0.407 e. The number of fused-ring (bicyclic) bond motifs is 1. The minimum absolute atomic E-state index is 0.149. The summed E-state index contributed by atoms with van der Waals surface area (Å²) in [5.41, 5.74) is 2.00. The van der Waals surface area contributed by atoms with Gasteiger partial charge in [0.2, 0.25) is 0 Å². The van der Waals surface area contributed by atoms with E-state index < -0.39 is 23.7 Å². The number of nitrogens with one attached hydrogen (secondary N) is 1. The molecule has 0 radical (unpaired) electrons. The van der Waals surface area contributed by atoms with E-state index in [1.807, 2.05) is 12.3 Å². The zero-order chi connectivity index (χ0) is 29.0. The Balaban J connectivity index is 1.85. The Labute approximate surface area is 243 Å². The highest BCUT2D eigenvalue weighted by molar-refractivity contribution is 6.45. The van der Waals surface area contributed by atoms with Gasteiger partial charge in [0.1, 0.15) is 18.4 Å². The third-order valence-corrected chi connectivity index (χ3v) is 7.33.